The summed E-state index contributed by atoms with van der Waals surface area (Å²) in [5, 5.41) is 9.77. The van der Waals surface area contributed by atoms with Crippen LogP contribution in [0.4, 0.5) is 0 Å². The maximum absolute atomic E-state index is 11.9. The summed E-state index contributed by atoms with van der Waals surface area (Å²) < 4.78 is 0. The van der Waals surface area contributed by atoms with E-state index in [4.69, 9.17) is 0 Å². The van der Waals surface area contributed by atoms with Crippen LogP contribution in [-0.2, 0) is 4.79 Å². The SMILES string of the molecule is CCCCC(CCC)CC(CCC(C)CCCCCCCCCCCCCCCCCCC(C)C)C(=O)O. The lowest BCUT2D eigenvalue weighted by Gasteiger charge is -2.22. The average molecular weight is 537 g/mol. The zero-order valence-electron chi connectivity index (χ0n) is 27.0. The van der Waals surface area contributed by atoms with Crippen LogP contribution in [0.15, 0.2) is 0 Å². The van der Waals surface area contributed by atoms with Crippen LogP contribution in [0.3, 0.4) is 0 Å². The van der Waals surface area contributed by atoms with Crippen molar-refractivity contribution in [3.05, 3.63) is 0 Å². The first kappa shape index (κ1) is 37.5. The Morgan fingerprint density at radius 1 is 0.500 bits per heavy atom. The van der Waals surface area contributed by atoms with Gasteiger partial charge in [0.25, 0.3) is 0 Å². The first-order valence-electron chi connectivity index (χ1n) is 17.6. The van der Waals surface area contributed by atoms with Crippen LogP contribution in [0.2, 0.25) is 0 Å². The molecule has 0 fully saturated rings. The molecule has 1 N–H and O–H groups in total. The Labute approximate surface area is 240 Å². The number of carboxylic acids is 1. The van der Waals surface area contributed by atoms with Gasteiger partial charge in [-0.1, -0.05) is 182 Å². The Bertz CT molecular complexity index is 486. The zero-order valence-corrected chi connectivity index (χ0v) is 27.0. The monoisotopic (exact) mass is 537 g/mol. The Hall–Kier alpha value is -0.530. The highest BCUT2D eigenvalue weighted by Gasteiger charge is 2.22. The maximum atomic E-state index is 11.9. The third kappa shape index (κ3) is 25.7. The van der Waals surface area contributed by atoms with E-state index in [1.807, 2.05) is 0 Å². The van der Waals surface area contributed by atoms with E-state index < -0.39 is 5.97 Å². The molecule has 0 amide bonds. The molecule has 0 saturated carbocycles. The van der Waals surface area contributed by atoms with Crippen molar-refractivity contribution in [3.8, 4) is 0 Å². The van der Waals surface area contributed by atoms with Crippen molar-refractivity contribution < 1.29 is 9.90 Å². The van der Waals surface area contributed by atoms with Crippen LogP contribution >= 0.6 is 0 Å². The minimum absolute atomic E-state index is 0.129. The van der Waals surface area contributed by atoms with Gasteiger partial charge in [-0.15, -0.1) is 0 Å². The molecule has 0 aliphatic heterocycles. The molecule has 228 valence electrons. The topological polar surface area (TPSA) is 37.3 Å². The summed E-state index contributed by atoms with van der Waals surface area (Å²) in [6.45, 7) is 11.5. The highest BCUT2D eigenvalue weighted by Crippen LogP contribution is 2.28. The second-order valence-corrected chi connectivity index (χ2v) is 13.4. The van der Waals surface area contributed by atoms with E-state index in [1.54, 1.807) is 0 Å². The first-order valence-corrected chi connectivity index (χ1v) is 17.6. The molecule has 0 rings (SSSR count). The highest BCUT2D eigenvalue weighted by molar-refractivity contribution is 5.69. The molecule has 0 heterocycles. The van der Waals surface area contributed by atoms with Crippen LogP contribution in [0, 0.1) is 23.7 Å². The first-order chi connectivity index (χ1) is 18.4. The second kappa shape index (κ2) is 28.0. The van der Waals surface area contributed by atoms with Gasteiger partial charge in [-0.2, -0.15) is 0 Å². The molecule has 2 heteroatoms. The minimum atomic E-state index is -0.558. The predicted octanol–water partition coefficient (Wildman–Crippen LogP) is 12.8. The van der Waals surface area contributed by atoms with E-state index in [2.05, 4.69) is 34.6 Å². The molecule has 3 atom stereocenters. The molecule has 38 heavy (non-hydrogen) atoms. The van der Waals surface area contributed by atoms with E-state index in [1.165, 1.54) is 148 Å². The number of hydrogen-bond donors (Lipinski definition) is 1. The van der Waals surface area contributed by atoms with E-state index in [0.717, 1.165) is 25.2 Å². The van der Waals surface area contributed by atoms with E-state index in [-0.39, 0.29) is 5.92 Å². The molecule has 0 aliphatic rings. The van der Waals surface area contributed by atoms with Gasteiger partial charge in [0.05, 0.1) is 5.92 Å². The van der Waals surface area contributed by atoms with Crippen molar-refractivity contribution in [3.63, 3.8) is 0 Å². The number of hydrogen-bond acceptors (Lipinski definition) is 1. The largest absolute Gasteiger partial charge is 0.481 e. The van der Waals surface area contributed by atoms with Crippen molar-refractivity contribution in [2.24, 2.45) is 23.7 Å². The van der Waals surface area contributed by atoms with Crippen LogP contribution in [-0.4, -0.2) is 11.1 Å². The summed E-state index contributed by atoms with van der Waals surface area (Å²) in [7, 11) is 0. The molecule has 2 nitrogen and oxygen atoms in total. The fraction of sp³-hybridized carbons (Fsp3) is 0.972. The summed E-state index contributed by atoms with van der Waals surface area (Å²) in [6, 6.07) is 0. The summed E-state index contributed by atoms with van der Waals surface area (Å²) in [5.41, 5.74) is 0. The molecular weight excluding hydrogens is 464 g/mol. The van der Waals surface area contributed by atoms with Gasteiger partial charge in [-0.25, -0.2) is 0 Å². The lowest BCUT2D eigenvalue weighted by atomic mass is 9.83. The molecule has 0 bridgehead atoms. The highest BCUT2D eigenvalue weighted by atomic mass is 16.4. The van der Waals surface area contributed by atoms with Gasteiger partial charge in [0.2, 0.25) is 0 Å². The van der Waals surface area contributed by atoms with Gasteiger partial charge < -0.3 is 5.11 Å². The third-order valence-electron chi connectivity index (χ3n) is 8.87. The van der Waals surface area contributed by atoms with Crippen molar-refractivity contribution in [2.45, 2.75) is 202 Å². The summed E-state index contributed by atoms with van der Waals surface area (Å²) in [4.78, 5) is 11.9. The molecule has 0 radical (unpaired) electrons. The third-order valence-corrected chi connectivity index (χ3v) is 8.87. The van der Waals surface area contributed by atoms with Crippen LogP contribution in [0.1, 0.15) is 202 Å². The summed E-state index contributed by atoms with van der Waals surface area (Å²) in [5.74, 6) is 1.47. The quantitative estimate of drug-likeness (QED) is 0.0927. The number of rotatable bonds is 30. The predicted molar refractivity (Wildman–Crippen MR) is 170 cm³/mol. The van der Waals surface area contributed by atoms with Gasteiger partial charge in [0.1, 0.15) is 0 Å². The fourth-order valence-corrected chi connectivity index (χ4v) is 6.18. The standard InChI is InChI=1S/C36H72O2/c1-6-8-28-34(25-7-2)31-35(36(37)38)30-29-33(5)27-24-22-20-18-16-14-12-10-9-11-13-15-17-19-21-23-26-32(3)4/h32-35H,6-31H2,1-5H3,(H,37,38). The van der Waals surface area contributed by atoms with Crippen molar-refractivity contribution >= 4 is 5.97 Å². The van der Waals surface area contributed by atoms with Crippen LogP contribution < -0.4 is 0 Å². The fourth-order valence-electron chi connectivity index (χ4n) is 6.18. The van der Waals surface area contributed by atoms with Gasteiger partial charge in [-0.05, 0) is 37.0 Å². The number of carbonyl (C=O) groups is 1. The number of unbranched alkanes of at least 4 members (excludes halogenated alkanes) is 16. The van der Waals surface area contributed by atoms with E-state index >= 15 is 0 Å². The minimum Gasteiger partial charge on any atom is -0.481 e. The van der Waals surface area contributed by atoms with Gasteiger partial charge in [0.15, 0.2) is 0 Å². The van der Waals surface area contributed by atoms with E-state index in [0.29, 0.717) is 11.8 Å². The molecule has 0 aliphatic carbocycles. The number of aliphatic carboxylic acids is 1. The van der Waals surface area contributed by atoms with Gasteiger partial charge in [-0.3, -0.25) is 4.79 Å². The normalized spacial score (nSPS) is 14.2. The smallest absolute Gasteiger partial charge is 0.306 e. The van der Waals surface area contributed by atoms with Crippen LogP contribution in [0.5, 0.6) is 0 Å². The number of carboxylic acid groups (broad SMARTS) is 1. The van der Waals surface area contributed by atoms with Gasteiger partial charge in [0, 0.05) is 0 Å². The lowest BCUT2D eigenvalue weighted by Crippen LogP contribution is -2.19. The zero-order chi connectivity index (χ0) is 28.3. The molecular formula is C36H72O2. The maximum Gasteiger partial charge on any atom is 0.306 e. The molecule has 0 aromatic heterocycles. The lowest BCUT2D eigenvalue weighted by molar-refractivity contribution is -0.142. The Morgan fingerprint density at radius 3 is 1.34 bits per heavy atom. The average Bonchev–Trinajstić information content (AvgIpc) is 2.88. The summed E-state index contributed by atoms with van der Waals surface area (Å²) >= 11 is 0. The molecule has 3 unspecified atom stereocenters. The van der Waals surface area contributed by atoms with Crippen molar-refractivity contribution in [2.75, 3.05) is 0 Å². The van der Waals surface area contributed by atoms with E-state index in [9.17, 15) is 9.90 Å². The van der Waals surface area contributed by atoms with Crippen molar-refractivity contribution in [1.29, 1.82) is 0 Å². The molecule has 0 spiro atoms. The second-order valence-electron chi connectivity index (χ2n) is 13.4. The Morgan fingerprint density at radius 2 is 0.947 bits per heavy atom. The van der Waals surface area contributed by atoms with Crippen molar-refractivity contribution in [1.82, 2.24) is 0 Å². The van der Waals surface area contributed by atoms with Crippen LogP contribution in [0.25, 0.3) is 0 Å². The molecule has 0 aromatic carbocycles. The molecule has 0 aromatic rings. The summed E-state index contributed by atoms with van der Waals surface area (Å²) in [6.07, 6.45) is 34.4. The Kier molecular flexibility index (Phi) is 27.6. The van der Waals surface area contributed by atoms with Gasteiger partial charge >= 0.3 is 5.97 Å². The molecule has 0 saturated heterocycles. The Balaban J connectivity index is 3.58.